The number of fused-ring (bicyclic) bond motifs is 1. The van der Waals surface area contributed by atoms with E-state index in [0.29, 0.717) is 0 Å². The number of aryl methyl sites for hydroxylation is 1. The Hall–Kier alpha value is -2.42. The quantitative estimate of drug-likeness (QED) is 0.693. The van der Waals surface area contributed by atoms with Crippen LogP contribution >= 0.6 is 0 Å². The molecule has 1 aliphatic rings. The molecule has 2 aromatic carbocycles. The fourth-order valence-electron chi connectivity index (χ4n) is 3.34. The van der Waals surface area contributed by atoms with Crippen LogP contribution in [0.2, 0.25) is 0 Å². The predicted octanol–water partition coefficient (Wildman–Crippen LogP) is 4.60. The van der Waals surface area contributed by atoms with Gasteiger partial charge < -0.3 is 4.90 Å². The van der Waals surface area contributed by atoms with Crippen molar-refractivity contribution in [1.82, 2.24) is 9.97 Å². The molecule has 0 N–H and O–H groups in total. The standard InChI is InChI=1S/C20H21N3/c1-15-9-8-12-17-18(15)21-19(16-10-4-2-5-11-16)22-20(17)23-13-6-3-7-14-23/h2,4-5,8-12H,3,6-7,13-14H2,1H3. The molecule has 0 aliphatic carbocycles. The van der Waals surface area contributed by atoms with Gasteiger partial charge in [-0.05, 0) is 37.8 Å². The normalized spacial score (nSPS) is 15.1. The molecule has 1 aliphatic heterocycles. The monoisotopic (exact) mass is 303 g/mol. The van der Waals surface area contributed by atoms with E-state index in [1.807, 2.05) is 18.2 Å². The molecule has 3 heteroatoms. The zero-order chi connectivity index (χ0) is 15.6. The minimum atomic E-state index is 0.827. The summed E-state index contributed by atoms with van der Waals surface area (Å²) in [6.07, 6.45) is 3.82. The number of aromatic nitrogens is 2. The van der Waals surface area contributed by atoms with E-state index in [0.717, 1.165) is 35.8 Å². The maximum absolute atomic E-state index is 4.95. The van der Waals surface area contributed by atoms with Gasteiger partial charge in [0.2, 0.25) is 0 Å². The first-order valence-corrected chi connectivity index (χ1v) is 8.41. The number of hydrogen-bond acceptors (Lipinski definition) is 3. The van der Waals surface area contributed by atoms with Crippen LogP contribution in [0.15, 0.2) is 48.5 Å². The summed E-state index contributed by atoms with van der Waals surface area (Å²) in [6.45, 7) is 4.31. The van der Waals surface area contributed by atoms with Gasteiger partial charge in [-0.25, -0.2) is 9.97 Å². The molecule has 0 bridgehead atoms. The minimum absolute atomic E-state index is 0.827. The lowest BCUT2D eigenvalue weighted by Gasteiger charge is -2.29. The Balaban J connectivity index is 1.93. The van der Waals surface area contributed by atoms with Gasteiger partial charge in [0.15, 0.2) is 5.82 Å². The van der Waals surface area contributed by atoms with Gasteiger partial charge in [0.1, 0.15) is 5.82 Å². The zero-order valence-electron chi connectivity index (χ0n) is 13.5. The van der Waals surface area contributed by atoms with E-state index in [9.17, 15) is 0 Å². The van der Waals surface area contributed by atoms with Crippen molar-refractivity contribution in [2.45, 2.75) is 26.2 Å². The van der Waals surface area contributed by atoms with Crippen molar-refractivity contribution < 1.29 is 0 Å². The van der Waals surface area contributed by atoms with Crippen molar-refractivity contribution in [2.75, 3.05) is 18.0 Å². The van der Waals surface area contributed by atoms with Gasteiger partial charge in [0, 0.05) is 24.0 Å². The average Bonchev–Trinajstić information content (AvgIpc) is 2.63. The third-order valence-corrected chi connectivity index (χ3v) is 4.60. The first-order chi connectivity index (χ1) is 11.3. The molecule has 2 heterocycles. The summed E-state index contributed by atoms with van der Waals surface area (Å²) >= 11 is 0. The molecule has 116 valence electrons. The van der Waals surface area contributed by atoms with Gasteiger partial charge in [0.05, 0.1) is 5.52 Å². The number of rotatable bonds is 2. The van der Waals surface area contributed by atoms with Gasteiger partial charge in [-0.15, -0.1) is 0 Å². The van der Waals surface area contributed by atoms with Crippen molar-refractivity contribution in [3.8, 4) is 11.4 Å². The van der Waals surface area contributed by atoms with Crippen LogP contribution in [0.3, 0.4) is 0 Å². The van der Waals surface area contributed by atoms with Crippen LogP contribution in [0.25, 0.3) is 22.3 Å². The fraction of sp³-hybridized carbons (Fsp3) is 0.300. The largest absolute Gasteiger partial charge is 0.356 e. The van der Waals surface area contributed by atoms with Crippen molar-refractivity contribution in [3.63, 3.8) is 0 Å². The molecule has 23 heavy (non-hydrogen) atoms. The lowest BCUT2D eigenvalue weighted by Crippen LogP contribution is -2.30. The van der Waals surface area contributed by atoms with Crippen LogP contribution in [0.1, 0.15) is 24.8 Å². The maximum atomic E-state index is 4.95. The summed E-state index contributed by atoms with van der Waals surface area (Å²) in [5.41, 5.74) is 3.36. The zero-order valence-corrected chi connectivity index (χ0v) is 13.5. The summed E-state index contributed by atoms with van der Waals surface area (Å²) < 4.78 is 0. The molecule has 1 aromatic heterocycles. The highest BCUT2D eigenvalue weighted by Gasteiger charge is 2.18. The Bertz CT molecular complexity index is 821. The summed E-state index contributed by atoms with van der Waals surface area (Å²) in [4.78, 5) is 12.2. The van der Waals surface area contributed by atoms with Gasteiger partial charge in [-0.2, -0.15) is 0 Å². The van der Waals surface area contributed by atoms with Crippen LogP contribution in [0, 0.1) is 6.92 Å². The van der Waals surface area contributed by atoms with Crippen molar-refractivity contribution >= 4 is 16.7 Å². The van der Waals surface area contributed by atoms with E-state index in [1.54, 1.807) is 0 Å². The molecule has 0 radical (unpaired) electrons. The molecule has 3 nitrogen and oxygen atoms in total. The second kappa shape index (κ2) is 5.99. The number of anilines is 1. The van der Waals surface area contributed by atoms with E-state index in [2.05, 4.69) is 42.2 Å². The number of benzene rings is 2. The maximum Gasteiger partial charge on any atom is 0.162 e. The van der Waals surface area contributed by atoms with E-state index in [4.69, 9.17) is 9.97 Å². The lowest BCUT2D eigenvalue weighted by atomic mass is 10.1. The smallest absolute Gasteiger partial charge is 0.162 e. The molecular weight excluding hydrogens is 282 g/mol. The summed E-state index contributed by atoms with van der Waals surface area (Å²) in [5.74, 6) is 1.92. The minimum Gasteiger partial charge on any atom is -0.356 e. The number of piperidine rings is 1. The highest BCUT2D eigenvalue weighted by Crippen LogP contribution is 2.30. The molecule has 0 unspecified atom stereocenters. The Labute approximate surface area is 137 Å². The second-order valence-electron chi connectivity index (χ2n) is 6.26. The highest BCUT2D eigenvalue weighted by molar-refractivity contribution is 5.93. The van der Waals surface area contributed by atoms with E-state index in [1.165, 1.54) is 30.2 Å². The van der Waals surface area contributed by atoms with Gasteiger partial charge >= 0.3 is 0 Å². The third kappa shape index (κ3) is 2.67. The Morgan fingerprint density at radius 1 is 0.826 bits per heavy atom. The average molecular weight is 303 g/mol. The molecule has 1 saturated heterocycles. The molecule has 0 saturated carbocycles. The van der Waals surface area contributed by atoms with Crippen LogP contribution in [-0.4, -0.2) is 23.1 Å². The SMILES string of the molecule is Cc1cccc2c(N3CCCCC3)nc(-c3ccccc3)nc12. The van der Waals surface area contributed by atoms with Crippen LogP contribution < -0.4 is 4.90 Å². The molecule has 4 rings (SSSR count). The molecule has 1 fully saturated rings. The number of nitrogens with zero attached hydrogens (tertiary/aromatic N) is 3. The van der Waals surface area contributed by atoms with Crippen molar-refractivity contribution in [1.29, 1.82) is 0 Å². The Kier molecular flexibility index (Phi) is 3.70. The topological polar surface area (TPSA) is 29.0 Å². The van der Waals surface area contributed by atoms with Crippen molar-refractivity contribution in [3.05, 3.63) is 54.1 Å². The van der Waals surface area contributed by atoms with Crippen LogP contribution in [-0.2, 0) is 0 Å². The predicted molar refractivity (Wildman–Crippen MR) is 95.8 cm³/mol. The van der Waals surface area contributed by atoms with E-state index in [-0.39, 0.29) is 0 Å². The third-order valence-electron chi connectivity index (χ3n) is 4.60. The Morgan fingerprint density at radius 3 is 2.39 bits per heavy atom. The highest BCUT2D eigenvalue weighted by atomic mass is 15.2. The second-order valence-corrected chi connectivity index (χ2v) is 6.26. The van der Waals surface area contributed by atoms with Gasteiger partial charge in [0.25, 0.3) is 0 Å². The first kappa shape index (κ1) is 14.2. The number of hydrogen-bond donors (Lipinski definition) is 0. The molecule has 0 amide bonds. The fourth-order valence-corrected chi connectivity index (χ4v) is 3.34. The number of para-hydroxylation sites is 1. The Morgan fingerprint density at radius 2 is 1.61 bits per heavy atom. The summed E-state index contributed by atoms with van der Waals surface area (Å²) in [7, 11) is 0. The molecular formula is C20H21N3. The molecule has 3 aromatic rings. The van der Waals surface area contributed by atoms with Crippen LogP contribution in [0.5, 0.6) is 0 Å². The lowest BCUT2D eigenvalue weighted by molar-refractivity contribution is 0.575. The van der Waals surface area contributed by atoms with Crippen molar-refractivity contribution in [2.24, 2.45) is 0 Å². The summed E-state index contributed by atoms with van der Waals surface area (Å²) in [5, 5.41) is 1.17. The van der Waals surface area contributed by atoms with Gasteiger partial charge in [-0.3, -0.25) is 0 Å². The molecule has 0 spiro atoms. The molecule has 0 atom stereocenters. The summed E-state index contributed by atoms with van der Waals surface area (Å²) in [6, 6.07) is 16.7. The van der Waals surface area contributed by atoms with Crippen LogP contribution in [0.4, 0.5) is 5.82 Å². The first-order valence-electron chi connectivity index (χ1n) is 8.41. The van der Waals surface area contributed by atoms with Gasteiger partial charge in [-0.1, -0.05) is 42.5 Å². The van der Waals surface area contributed by atoms with E-state index < -0.39 is 0 Å². The van der Waals surface area contributed by atoms with E-state index >= 15 is 0 Å².